The van der Waals surface area contributed by atoms with Crippen molar-refractivity contribution in [2.75, 3.05) is 19.6 Å². The molecule has 1 amide bonds. The number of hydrogen-bond acceptors (Lipinski definition) is 4. The molecule has 1 aromatic heterocycles. The zero-order valence-corrected chi connectivity index (χ0v) is 16.2. The van der Waals surface area contributed by atoms with Gasteiger partial charge in [0.25, 0.3) is 5.91 Å². The summed E-state index contributed by atoms with van der Waals surface area (Å²) in [7, 11) is 0. The molecule has 2 aliphatic rings. The van der Waals surface area contributed by atoms with Crippen molar-refractivity contribution >= 4 is 17.0 Å². The lowest BCUT2D eigenvalue weighted by Crippen LogP contribution is -2.36. The molecule has 5 nitrogen and oxygen atoms in total. The molecule has 150 valence electrons. The summed E-state index contributed by atoms with van der Waals surface area (Å²) >= 11 is 0. The molecule has 6 heteroatoms. The summed E-state index contributed by atoms with van der Waals surface area (Å²) in [6.07, 6.45) is 4.55. The predicted molar refractivity (Wildman–Crippen MR) is 108 cm³/mol. The van der Waals surface area contributed by atoms with Gasteiger partial charge in [-0.2, -0.15) is 0 Å². The van der Waals surface area contributed by atoms with Gasteiger partial charge >= 0.3 is 0 Å². The fourth-order valence-electron chi connectivity index (χ4n) is 4.08. The second-order valence-electron chi connectivity index (χ2n) is 8.03. The minimum absolute atomic E-state index is 0.0394. The first-order valence-corrected chi connectivity index (χ1v) is 10.4. The van der Waals surface area contributed by atoms with Crippen LogP contribution in [0.3, 0.4) is 0 Å². The monoisotopic (exact) mass is 393 g/mol. The van der Waals surface area contributed by atoms with E-state index in [9.17, 15) is 9.18 Å². The molecule has 1 saturated carbocycles. The maximum Gasteiger partial charge on any atom is 0.251 e. The molecule has 1 atom stereocenters. The number of amides is 1. The Hall–Kier alpha value is -2.73. The average Bonchev–Trinajstić information content (AvgIpc) is 3.27. The van der Waals surface area contributed by atoms with E-state index in [1.165, 1.54) is 12.1 Å². The van der Waals surface area contributed by atoms with Gasteiger partial charge in [-0.25, -0.2) is 9.37 Å². The number of rotatable bonds is 6. The standard InChI is InChI=1S/C23H24FN3O2/c24-18-8-5-15(6-9-18)20(27-11-1-2-12-27)14-25-22(28)17-7-10-19-21(13-17)29-23(26-19)16-3-4-16/h5-10,13,16,20H,1-4,11-12,14H2,(H,25,28). The third-order valence-electron chi connectivity index (χ3n) is 5.89. The minimum Gasteiger partial charge on any atom is -0.440 e. The molecule has 1 saturated heterocycles. The zero-order valence-electron chi connectivity index (χ0n) is 16.2. The summed E-state index contributed by atoms with van der Waals surface area (Å²) in [6, 6.07) is 12.0. The highest BCUT2D eigenvalue weighted by atomic mass is 19.1. The highest BCUT2D eigenvalue weighted by molar-refractivity contribution is 5.97. The van der Waals surface area contributed by atoms with E-state index >= 15 is 0 Å². The van der Waals surface area contributed by atoms with Gasteiger partial charge in [0.1, 0.15) is 11.3 Å². The Balaban J connectivity index is 1.31. The number of carbonyl (C=O) groups excluding carboxylic acids is 1. The Morgan fingerprint density at radius 3 is 2.66 bits per heavy atom. The highest BCUT2D eigenvalue weighted by Gasteiger charge is 2.29. The van der Waals surface area contributed by atoms with Crippen LogP contribution < -0.4 is 5.32 Å². The van der Waals surface area contributed by atoms with Crippen molar-refractivity contribution in [2.24, 2.45) is 0 Å². The van der Waals surface area contributed by atoms with Crippen molar-refractivity contribution in [3.05, 3.63) is 65.3 Å². The van der Waals surface area contributed by atoms with E-state index in [1.807, 2.05) is 18.2 Å². The number of nitrogens with one attached hydrogen (secondary N) is 1. The van der Waals surface area contributed by atoms with Crippen molar-refractivity contribution in [1.29, 1.82) is 0 Å². The molecular weight excluding hydrogens is 369 g/mol. The van der Waals surface area contributed by atoms with Gasteiger partial charge in [-0.05, 0) is 74.7 Å². The molecule has 0 spiro atoms. The van der Waals surface area contributed by atoms with Crippen LogP contribution in [-0.2, 0) is 0 Å². The van der Waals surface area contributed by atoms with E-state index in [-0.39, 0.29) is 17.8 Å². The van der Waals surface area contributed by atoms with Crippen LogP contribution in [0.15, 0.2) is 46.9 Å². The summed E-state index contributed by atoms with van der Waals surface area (Å²) < 4.78 is 19.2. The summed E-state index contributed by atoms with van der Waals surface area (Å²) in [5.41, 5.74) is 3.04. The first kappa shape index (κ1) is 18.3. The Bertz CT molecular complexity index is 1020. The van der Waals surface area contributed by atoms with E-state index in [2.05, 4.69) is 15.2 Å². The van der Waals surface area contributed by atoms with Crippen molar-refractivity contribution in [1.82, 2.24) is 15.2 Å². The molecule has 5 rings (SSSR count). The molecule has 2 heterocycles. The van der Waals surface area contributed by atoms with E-state index in [1.54, 1.807) is 12.1 Å². The number of likely N-dealkylation sites (tertiary alicyclic amines) is 1. The topological polar surface area (TPSA) is 58.4 Å². The largest absolute Gasteiger partial charge is 0.440 e. The van der Waals surface area contributed by atoms with Crippen molar-refractivity contribution in [3.63, 3.8) is 0 Å². The Morgan fingerprint density at radius 2 is 1.93 bits per heavy atom. The summed E-state index contributed by atoms with van der Waals surface area (Å²) in [6.45, 7) is 2.46. The van der Waals surface area contributed by atoms with Crippen LogP contribution >= 0.6 is 0 Å². The van der Waals surface area contributed by atoms with Crippen molar-refractivity contribution in [3.8, 4) is 0 Å². The number of oxazole rings is 1. The van der Waals surface area contributed by atoms with Gasteiger partial charge in [0.15, 0.2) is 11.5 Å². The number of halogens is 1. The summed E-state index contributed by atoms with van der Waals surface area (Å²) in [5.74, 6) is 0.839. The maximum atomic E-state index is 13.3. The normalized spacial score (nSPS) is 18.2. The number of nitrogens with zero attached hydrogens (tertiary/aromatic N) is 2. The first-order chi connectivity index (χ1) is 14.2. The number of fused-ring (bicyclic) bond motifs is 1. The Morgan fingerprint density at radius 1 is 1.17 bits per heavy atom. The van der Waals surface area contributed by atoms with Crippen LogP contribution in [0.4, 0.5) is 4.39 Å². The molecule has 3 aromatic rings. The van der Waals surface area contributed by atoms with Gasteiger partial charge in [0.2, 0.25) is 0 Å². The first-order valence-electron chi connectivity index (χ1n) is 10.4. The van der Waals surface area contributed by atoms with Crippen LogP contribution in [-0.4, -0.2) is 35.4 Å². The lowest BCUT2D eigenvalue weighted by molar-refractivity contribution is 0.0938. The van der Waals surface area contributed by atoms with E-state index in [0.717, 1.165) is 55.7 Å². The number of aromatic nitrogens is 1. The molecular formula is C23H24FN3O2. The molecule has 1 unspecified atom stereocenters. The Kier molecular flexibility index (Phi) is 4.79. The van der Waals surface area contributed by atoms with E-state index in [0.29, 0.717) is 23.6 Å². The second kappa shape index (κ2) is 7.59. The van der Waals surface area contributed by atoms with Gasteiger partial charge in [-0.1, -0.05) is 12.1 Å². The second-order valence-corrected chi connectivity index (χ2v) is 8.03. The van der Waals surface area contributed by atoms with Gasteiger partial charge in [0.05, 0.1) is 6.04 Å². The minimum atomic E-state index is -0.246. The molecule has 2 fully saturated rings. The predicted octanol–water partition coefficient (Wildman–Crippen LogP) is 4.41. The van der Waals surface area contributed by atoms with Crippen LogP contribution in [0.25, 0.3) is 11.1 Å². The van der Waals surface area contributed by atoms with Crippen LogP contribution in [0.5, 0.6) is 0 Å². The van der Waals surface area contributed by atoms with Gasteiger partial charge in [-0.3, -0.25) is 9.69 Å². The van der Waals surface area contributed by atoms with Gasteiger partial charge in [-0.15, -0.1) is 0 Å². The van der Waals surface area contributed by atoms with Gasteiger partial charge in [0, 0.05) is 18.0 Å². The molecule has 0 bridgehead atoms. The number of carbonyl (C=O) groups is 1. The van der Waals surface area contributed by atoms with Crippen molar-refractivity contribution < 1.29 is 13.6 Å². The maximum absolute atomic E-state index is 13.3. The fourth-order valence-corrected chi connectivity index (χ4v) is 4.08. The third-order valence-corrected chi connectivity index (χ3v) is 5.89. The zero-order chi connectivity index (χ0) is 19.8. The third kappa shape index (κ3) is 3.90. The Labute approximate surface area is 168 Å². The molecule has 0 radical (unpaired) electrons. The molecule has 1 aliphatic heterocycles. The quantitative estimate of drug-likeness (QED) is 0.674. The molecule has 2 aromatic carbocycles. The van der Waals surface area contributed by atoms with E-state index < -0.39 is 0 Å². The smallest absolute Gasteiger partial charge is 0.251 e. The molecule has 29 heavy (non-hydrogen) atoms. The lowest BCUT2D eigenvalue weighted by Gasteiger charge is -2.28. The van der Waals surface area contributed by atoms with Crippen LogP contribution in [0, 0.1) is 5.82 Å². The summed E-state index contributed by atoms with van der Waals surface area (Å²) in [4.78, 5) is 19.7. The number of hydrogen-bond donors (Lipinski definition) is 1. The van der Waals surface area contributed by atoms with Crippen molar-refractivity contribution in [2.45, 2.75) is 37.6 Å². The molecule has 1 aliphatic carbocycles. The average molecular weight is 393 g/mol. The molecule has 1 N–H and O–H groups in total. The SMILES string of the molecule is O=C(NCC(c1ccc(F)cc1)N1CCCC1)c1ccc2nc(C3CC3)oc2c1. The van der Waals surface area contributed by atoms with Gasteiger partial charge < -0.3 is 9.73 Å². The summed E-state index contributed by atoms with van der Waals surface area (Å²) in [5, 5.41) is 3.06. The van der Waals surface area contributed by atoms with Crippen LogP contribution in [0.2, 0.25) is 0 Å². The highest BCUT2D eigenvalue weighted by Crippen LogP contribution is 2.40. The lowest BCUT2D eigenvalue weighted by atomic mass is 10.0. The fraction of sp³-hybridized carbons (Fsp3) is 0.391. The van der Waals surface area contributed by atoms with Crippen LogP contribution in [0.1, 0.15) is 59.5 Å². The number of benzene rings is 2. The van der Waals surface area contributed by atoms with E-state index in [4.69, 9.17) is 4.42 Å².